The van der Waals surface area contributed by atoms with Gasteiger partial charge in [-0.1, -0.05) is 36.3 Å². The predicted molar refractivity (Wildman–Crippen MR) is 90.5 cm³/mol. The first-order valence-corrected chi connectivity index (χ1v) is 8.46. The molecular weight excluding hydrogens is 302 g/mol. The molecule has 1 aliphatic rings. The first kappa shape index (κ1) is 15.1. The van der Waals surface area contributed by atoms with Gasteiger partial charge in [-0.05, 0) is 44.0 Å². The quantitative estimate of drug-likeness (QED) is 0.799. The molecule has 6 nitrogen and oxygen atoms in total. The molecule has 0 spiro atoms. The van der Waals surface area contributed by atoms with Crippen LogP contribution in [0.2, 0.25) is 0 Å². The van der Waals surface area contributed by atoms with Gasteiger partial charge in [0.2, 0.25) is 5.82 Å². The van der Waals surface area contributed by atoms with E-state index in [2.05, 4.69) is 46.8 Å². The summed E-state index contributed by atoms with van der Waals surface area (Å²) in [4.78, 5) is 4.72. The molecule has 124 valence electrons. The van der Waals surface area contributed by atoms with E-state index < -0.39 is 0 Å². The highest BCUT2D eigenvalue weighted by Crippen LogP contribution is 2.34. The molecule has 0 saturated carbocycles. The second kappa shape index (κ2) is 6.20. The van der Waals surface area contributed by atoms with E-state index in [0.717, 1.165) is 37.9 Å². The van der Waals surface area contributed by atoms with E-state index in [-0.39, 0.29) is 5.54 Å². The Kier molecular flexibility index (Phi) is 3.90. The van der Waals surface area contributed by atoms with Crippen LogP contribution < -0.4 is 5.32 Å². The van der Waals surface area contributed by atoms with Crippen molar-refractivity contribution < 1.29 is 4.52 Å². The number of benzene rings is 1. The third-order valence-corrected chi connectivity index (χ3v) is 4.82. The van der Waals surface area contributed by atoms with Gasteiger partial charge in [0.05, 0.1) is 0 Å². The van der Waals surface area contributed by atoms with Gasteiger partial charge >= 0.3 is 0 Å². The summed E-state index contributed by atoms with van der Waals surface area (Å²) in [5, 5.41) is 12.1. The van der Waals surface area contributed by atoms with E-state index in [1.54, 1.807) is 6.20 Å². The molecule has 1 N–H and O–H groups in total. The monoisotopic (exact) mass is 323 g/mol. The largest absolute Gasteiger partial charge is 0.336 e. The fourth-order valence-electron chi connectivity index (χ4n) is 3.32. The highest BCUT2D eigenvalue weighted by atomic mass is 16.5. The maximum atomic E-state index is 5.69. The average Bonchev–Trinajstić information content (AvgIpc) is 3.35. The van der Waals surface area contributed by atoms with Crippen LogP contribution in [0.3, 0.4) is 0 Å². The molecule has 1 aromatic carbocycles. The molecular formula is C18H21N5O. The van der Waals surface area contributed by atoms with Gasteiger partial charge < -0.3 is 9.84 Å². The summed E-state index contributed by atoms with van der Waals surface area (Å²) >= 11 is 0. The Labute approximate surface area is 140 Å². The molecule has 3 aromatic rings. The molecule has 0 atom stereocenters. The number of nitrogens with one attached hydrogen (secondary N) is 1. The van der Waals surface area contributed by atoms with Gasteiger partial charge in [-0.15, -0.1) is 0 Å². The summed E-state index contributed by atoms with van der Waals surface area (Å²) in [6, 6.07) is 10.3. The fraction of sp³-hybridized carbons (Fsp3) is 0.389. The molecule has 24 heavy (non-hydrogen) atoms. The van der Waals surface area contributed by atoms with Gasteiger partial charge in [0.15, 0.2) is 0 Å². The number of aromatic nitrogens is 4. The van der Waals surface area contributed by atoms with Crippen LogP contribution in [0.25, 0.3) is 11.4 Å². The summed E-state index contributed by atoms with van der Waals surface area (Å²) in [6.45, 7) is 3.96. The van der Waals surface area contributed by atoms with Crippen molar-refractivity contribution in [1.82, 2.24) is 25.2 Å². The van der Waals surface area contributed by atoms with Crippen molar-refractivity contribution in [1.29, 1.82) is 0 Å². The van der Waals surface area contributed by atoms with Crippen LogP contribution in [0.1, 0.15) is 31.2 Å². The highest BCUT2D eigenvalue weighted by Gasteiger charge is 2.41. The van der Waals surface area contributed by atoms with E-state index in [1.807, 2.05) is 16.9 Å². The van der Waals surface area contributed by atoms with Crippen LogP contribution in [-0.2, 0) is 12.0 Å². The molecule has 6 heteroatoms. The minimum absolute atomic E-state index is 0.358. The minimum Gasteiger partial charge on any atom is -0.336 e. The van der Waals surface area contributed by atoms with Crippen LogP contribution >= 0.6 is 0 Å². The van der Waals surface area contributed by atoms with E-state index in [9.17, 15) is 0 Å². The van der Waals surface area contributed by atoms with Gasteiger partial charge in [-0.3, -0.25) is 4.68 Å². The number of aryl methyl sites for hydroxylation is 1. The smallest absolute Gasteiger partial charge is 0.255 e. The maximum Gasteiger partial charge on any atom is 0.255 e. The standard InChI is InChI=1S/C18H21N5O/c1-2-14-4-6-15(7-5-14)16-21-17(24-22-16)18(8-11-19-12-9-18)23-13-3-10-20-23/h3-7,10,13,19H,2,8-9,11-12H2,1H3. The molecule has 4 rings (SSSR count). The summed E-state index contributed by atoms with van der Waals surface area (Å²) in [7, 11) is 0. The lowest BCUT2D eigenvalue weighted by molar-refractivity contribution is 0.172. The van der Waals surface area contributed by atoms with Crippen LogP contribution in [0.15, 0.2) is 47.2 Å². The van der Waals surface area contributed by atoms with Gasteiger partial charge in [0, 0.05) is 18.0 Å². The summed E-state index contributed by atoms with van der Waals surface area (Å²) in [6.07, 6.45) is 6.55. The molecule has 0 amide bonds. The molecule has 1 fully saturated rings. The van der Waals surface area contributed by atoms with Crippen molar-refractivity contribution in [3.05, 3.63) is 54.2 Å². The first-order chi connectivity index (χ1) is 11.8. The second-order valence-electron chi connectivity index (χ2n) is 6.21. The van der Waals surface area contributed by atoms with Crippen molar-refractivity contribution >= 4 is 0 Å². The summed E-state index contributed by atoms with van der Waals surface area (Å²) < 4.78 is 7.66. The number of nitrogens with zero attached hydrogens (tertiary/aromatic N) is 4. The van der Waals surface area contributed by atoms with E-state index >= 15 is 0 Å². The lowest BCUT2D eigenvalue weighted by atomic mass is 9.88. The van der Waals surface area contributed by atoms with E-state index in [4.69, 9.17) is 9.51 Å². The number of hydrogen-bond donors (Lipinski definition) is 1. The zero-order valence-electron chi connectivity index (χ0n) is 13.8. The molecule has 2 aromatic heterocycles. The van der Waals surface area contributed by atoms with Gasteiger partial charge in [0.25, 0.3) is 5.89 Å². The molecule has 0 bridgehead atoms. The number of hydrogen-bond acceptors (Lipinski definition) is 5. The summed E-state index contributed by atoms with van der Waals surface area (Å²) in [5.74, 6) is 1.28. The average molecular weight is 323 g/mol. The predicted octanol–water partition coefficient (Wildman–Crippen LogP) is 2.62. The zero-order valence-corrected chi connectivity index (χ0v) is 13.8. The molecule has 1 saturated heterocycles. The third kappa shape index (κ3) is 2.53. The van der Waals surface area contributed by atoms with Crippen molar-refractivity contribution in [2.24, 2.45) is 0 Å². The van der Waals surface area contributed by atoms with E-state index in [0.29, 0.717) is 11.7 Å². The van der Waals surface area contributed by atoms with Crippen molar-refractivity contribution in [2.45, 2.75) is 31.7 Å². The lowest BCUT2D eigenvalue weighted by Crippen LogP contribution is -2.45. The molecule has 0 radical (unpaired) electrons. The Balaban J connectivity index is 1.71. The van der Waals surface area contributed by atoms with Gasteiger partial charge in [-0.2, -0.15) is 10.1 Å². The van der Waals surface area contributed by atoms with Crippen molar-refractivity contribution in [3.8, 4) is 11.4 Å². The van der Waals surface area contributed by atoms with Crippen LogP contribution in [0, 0.1) is 0 Å². The molecule has 3 heterocycles. The molecule has 0 unspecified atom stereocenters. The first-order valence-electron chi connectivity index (χ1n) is 8.46. The second-order valence-corrected chi connectivity index (χ2v) is 6.21. The summed E-state index contributed by atoms with van der Waals surface area (Å²) in [5.41, 5.74) is 1.92. The van der Waals surface area contributed by atoms with Crippen molar-refractivity contribution in [3.63, 3.8) is 0 Å². The third-order valence-electron chi connectivity index (χ3n) is 4.82. The fourth-order valence-corrected chi connectivity index (χ4v) is 3.32. The van der Waals surface area contributed by atoms with Gasteiger partial charge in [0.1, 0.15) is 5.54 Å². The number of piperidine rings is 1. The van der Waals surface area contributed by atoms with Gasteiger partial charge in [-0.25, -0.2) is 0 Å². The van der Waals surface area contributed by atoms with Crippen LogP contribution in [0.5, 0.6) is 0 Å². The Morgan fingerprint density at radius 2 is 2.00 bits per heavy atom. The minimum atomic E-state index is -0.358. The van der Waals surface area contributed by atoms with E-state index in [1.165, 1.54) is 5.56 Å². The lowest BCUT2D eigenvalue weighted by Gasteiger charge is -2.34. The normalized spacial score (nSPS) is 17.0. The van der Waals surface area contributed by atoms with Crippen LogP contribution in [-0.4, -0.2) is 33.0 Å². The highest BCUT2D eigenvalue weighted by molar-refractivity contribution is 5.54. The maximum absolute atomic E-state index is 5.69. The Bertz CT molecular complexity index is 785. The zero-order chi connectivity index (χ0) is 16.4. The Morgan fingerprint density at radius 3 is 2.67 bits per heavy atom. The Morgan fingerprint density at radius 1 is 1.21 bits per heavy atom. The molecule has 0 aliphatic carbocycles. The SMILES string of the molecule is CCc1ccc(-c2noc(C3(n4cccn4)CCNCC3)n2)cc1. The number of rotatable bonds is 4. The van der Waals surface area contributed by atoms with Crippen molar-refractivity contribution in [2.75, 3.05) is 13.1 Å². The molecule has 1 aliphatic heterocycles. The Hall–Kier alpha value is -2.47. The topological polar surface area (TPSA) is 68.8 Å². The van der Waals surface area contributed by atoms with Crippen LogP contribution in [0.4, 0.5) is 0 Å².